The van der Waals surface area contributed by atoms with E-state index in [0.717, 1.165) is 16.8 Å². The Balaban J connectivity index is 1.85. The van der Waals surface area contributed by atoms with E-state index >= 15 is 0 Å². The van der Waals surface area contributed by atoms with E-state index < -0.39 is 0 Å². The molecule has 0 saturated carbocycles. The van der Waals surface area contributed by atoms with Crippen LogP contribution >= 0.6 is 0 Å². The van der Waals surface area contributed by atoms with Gasteiger partial charge in [-0.3, -0.25) is 14.6 Å². The van der Waals surface area contributed by atoms with Crippen molar-refractivity contribution >= 4 is 11.8 Å². The number of piperidine rings is 1. The summed E-state index contributed by atoms with van der Waals surface area (Å²) in [7, 11) is 1.62. The summed E-state index contributed by atoms with van der Waals surface area (Å²) in [5, 5.41) is 3.01. The summed E-state index contributed by atoms with van der Waals surface area (Å²) in [4.78, 5) is 31.8. The Bertz CT molecular complexity index is 810. The first-order chi connectivity index (χ1) is 13.6. The van der Waals surface area contributed by atoms with E-state index in [2.05, 4.69) is 10.3 Å². The second-order valence-electron chi connectivity index (χ2n) is 7.07. The van der Waals surface area contributed by atoms with Crippen molar-refractivity contribution in [2.24, 2.45) is 5.92 Å². The van der Waals surface area contributed by atoms with Crippen LogP contribution in [0.4, 0.5) is 0 Å². The lowest BCUT2D eigenvalue weighted by molar-refractivity contribution is -0.144. The number of likely N-dealkylation sites (tertiary alicyclic amines) is 1. The smallest absolute Gasteiger partial charge is 0.225 e. The second-order valence-corrected chi connectivity index (χ2v) is 7.07. The van der Waals surface area contributed by atoms with Gasteiger partial charge >= 0.3 is 0 Å². The number of hydrogen-bond donors (Lipinski definition) is 1. The van der Waals surface area contributed by atoms with Gasteiger partial charge in [-0.2, -0.15) is 0 Å². The summed E-state index contributed by atoms with van der Waals surface area (Å²) >= 11 is 0. The van der Waals surface area contributed by atoms with E-state index in [1.165, 1.54) is 0 Å². The molecule has 148 valence electrons. The highest BCUT2D eigenvalue weighted by Gasteiger charge is 2.40. The fourth-order valence-electron chi connectivity index (χ4n) is 3.80. The first-order valence-electron chi connectivity index (χ1n) is 9.63. The van der Waals surface area contributed by atoms with Crippen molar-refractivity contribution in [2.75, 3.05) is 20.3 Å². The predicted molar refractivity (Wildman–Crippen MR) is 106 cm³/mol. The number of carbonyl (C=O) groups excluding carboxylic acids is 2. The number of rotatable bonds is 7. The van der Waals surface area contributed by atoms with Crippen molar-refractivity contribution in [1.82, 2.24) is 15.2 Å². The molecule has 1 aromatic carbocycles. The summed E-state index contributed by atoms with van der Waals surface area (Å²) in [5.74, 6) is -0.285. The quantitative estimate of drug-likeness (QED) is 0.800. The molecule has 0 unspecified atom stereocenters. The first kappa shape index (κ1) is 20.0. The van der Waals surface area contributed by atoms with Gasteiger partial charge in [0.25, 0.3) is 0 Å². The minimum Gasteiger partial charge on any atom is -0.383 e. The molecule has 0 aliphatic carbocycles. The van der Waals surface area contributed by atoms with Gasteiger partial charge in [0.1, 0.15) is 0 Å². The first-order valence-corrected chi connectivity index (χ1v) is 9.63. The predicted octanol–water partition coefficient (Wildman–Crippen LogP) is 2.63. The van der Waals surface area contributed by atoms with Crippen molar-refractivity contribution in [1.29, 1.82) is 0 Å². The van der Waals surface area contributed by atoms with Gasteiger partial charge in [0, 0.05) is 26.3 Å². The molecule has 0 spiro atoms. The van der Waals surface area contributed by atoms with E-state index in [9.17, 15) is 9.59 Å². The molecule has 3 rings (SSSR count). The number of aryl methyl sites for hydroxylation is 1. The van der Waals surface area contributed by atoms with Crippen LogP contribution < -0.4 is 5.32 Å². The number of pyridine rings is 1. The maximum atomic E-state index is 13.1. The van der Waals surface area contributed by atoms with Gasteiger partial charge in [0.2, 0.25) is 11.8 Å². The van der Waals surface area contributed by atoms with E-state index in [1.54, 1.807) is 18.2 Å². The van der Waals surface area contributed by atoms with E-state index in [0.29, 0.717) is 32.5 Å². The van der Waals surface area contributed by atoms with Crippen LogP contribution in [0.3, 0.4) is 0 Å². The van der Waals surface area contributed by atoms with Crippen molar-refractivity contribution in [2.45, 2.75) is 32.4 Å². The molecule has 1 aromatic heterocycles. The Morgan fingerprint density at radius 1 is 1.25 bits per heavy atom. The maximum absolute atomic E-state index is 13.1. The fraction of sp³-hybridized carbons (Fsp3) is 0.409. The van der Waals surface area contributed by atoms with E-state index in [-0.39, 0.29) is 23.8 Å². The lowest BCUT2D eigenvalue weighted by Crippen LogP contribution is -2.49. The van der Waals surface area contributed by atoms with Crippen molar-refractivity contribution in [3.63, 3.8) is 0 Å². The van der Waals surface area contributed by atoms with Gasteiger partial charge < -0.3 is 15.0 Å². The fourth-order valence-corrected chi connectivity index (χ4v) is 3.80. The number of carbonyl (C=O) groups is 2. The topological polar surface area (TPSA) is 71.5 Å². The lowest BCUT2D eigenvalue weighted by atomic mass is 9.82. The third-order valence-electron chi connectivity index (χ3n) is 5.26. The number of amides is 2. The Labute approximate surface area is 165 Å². The maximum Gasteiger partial charge on any atom is 0.225 e. The number of methoxy groups -OCH3 is 1. The van der Waals surface area contributed by atoms with Crippen molar-refractivity contribution in [3.05, 3.63) is 65.5 Å². The summed E-state index contributed by atoms with van der Waals surface area (Å²) in [6.07, 6.45) is 2.62. The number of ether oxygens (including phenoxy) is 1. The third-order valence-corrected chi connectivity index (χ3v) is 5.26. The molecule has 1 N–H and O–H groups in total. The summed E-state index contributed by atoms with van der Waals surface area (Å²) < 4.78 is 5.21. The molecule has 1 saturated heterocycles. The Hall–Kier alpha value is -2.73. The lowest BCUT2D eigenvalue weighted by Gasteiger charge is -2.41. The number of aromatic nitrogens is 1. The molecule has 2 amide bonds. The third kappa shape index (κ3) is 4.57. The molecule has 28 heavy (non-hydrogen) atoms. The minimum absolute atomic E-state index is 0.0474. The molecule has 0 radical (unpaired) electrons. The molecule has 6 heteroatoms. The highest BCUT2D eigenvalue weighted by molar-refractivity contribution is 5.85. The van der Waals surface area contributed by atoms with Crippen LogP contribution in [-0.4, -0.2) is 42.0 Å². The number of nitrogens with zero attached hydrogens (tertiary/aromatic N) is 2. The average molecular weight is 381 g/mol. The monoisotopic (exact) mass is 381 g/mol. The van der Waals surface area contributed by atoms with E-state index in [4.69, 9.17) is 4.74 Å². The molecular formula is C22H27N3O3. The highest BCUT2D eigenvalue weighted by atomic mass is 16.5. The van der Waals surface area contributed by atoms with Gasteiger partial charge in [0.05, 0.1) is 30.8 Å². The van der Waals surface area contributed by atoms with Crippen LogP contribution in [0.25, 0.3) is 0 Å². The average Bonchev–Trinajstić information content (AvgIpc) is 2.72. The molecule has 1 fully saturated rings. The standard InChI is InChI=1S/C22H27N3O3/c1-16-7-3-4-9-18(16)21-19(10-11-20(26)25(21)13-14-28-2)22(27)24-15-17-8-5-6-12-23-17/h3-9,12,19,21H,10-11,13-15H2,1-2H3,(H,24,27)/t19-,21+/m1/s1. The van der Waals surface area contributed by atoms with Crippen LogP contribution in [0.1, 0.15) is 35.7 Å². The van der Waals surface area contributed by atoms with Crippen LogP contribution in [0.15, 0.2) is 48.7 Å². The Morgan fingerprint density at radius 2 is 2.04 bits per heavy atom. The van der Waals surface area contributed by atoms with Gasteiger partial charge in [-0.05, 0) is 36.6 Å². The second kappa shape index (κ2) is 9.46. The van der Waals surface area contributed by atoms with Crippen LogP contribution in [0.2, 0.25) is 0 Å². The molecule has 1 aliphatic heterocycles. The molecule has 1 aliphatic rings. The molecule has 0 bridgehead atoms. The largest absolute Gasteiger partial charge is 0.383 e. The molecule has 6 nitrogen and oxygen atoms in total. The number of hydrogen-bond acceptors (Lipinski definition) is 4. The Morgan fingerprint density at radius 3 is 2.75 bits per heavy atom. The molecule has 2 atom stereocenters. The van der Waals surface area contributed by atoms with Gasteiger partial charge in [-0.25, -0.2) is 0 Å². The van der Waals surface area contributed by atoms with Crippen LogP contribution in [0, 0.1) is 12.8 Å². The van der Waals surface area contributed by atoms with Gasteiger partial charge in [-0.15, -0.1) is 0 Å². The van der Waals surface area contributed by atoms with Gasteiger partial charge in [0.15, 0.2) is 0 Å². The normalized spacial score (nSPS) is 19.5. The number of nitrogens with one attached hydrogen (secondary N) is 1. The summed E-state index contributed by atoms with van der Waals surface area (Å²) in [5.41, 5.74) is 2.91. The van der Waals surface area contributed by atoms with Crippen LogP contribution in [-0.2, 0) is 20.9 Å². The van der Waals surface area contributed by atoms with E-state index in [1.807, 2.05) is 49.4 Å². The van der Waals surface area contributed by atoms with Crippen molar-refractivity contribution in [3.8, 4) is 0 Å². The van der Waals surface area contributed by atoms with Crippen LogP contribution in [0.5, 0.6) is 0 Å². The molecule has 2 heterocycles. The van der Waals surface area contributed by atoms with Gasteiger partial charge in [-0.1, -0.05) is 30.3 Å². The zero-order valence-corrected chi connectivity index (χ0v) is 16.4. The zero-order chi connectivity index (χ0) is 19.9. The SMILES string of the molecule is COCCN1C(=O)CC[C@@H](C(=O)NCc2ccccn2)[C@@H]1c1ccccc1C. The molecular weight excluding hydrogens is 354 g/mol. The van der Waals surface area contributed by atoms with Crippen molar-refractivity contribution < 1.29 is 14.3 Å². The summed E-state index contributed by atoms with van der Waals surface area (Å²) in [6, 6.07) is 13.3. The number of benzene rings is 1. The zero-order valence-electron chi connectivity index (χ0n) is 16.4. The summed E-state index contributed by atoms with van der Waals surface area (Å²) in [6.45, 7) is 3.31. The Kier molecular flexibility index (Phi) is 6.76. The highest BCUT2D eigenvalue weighted by Crippen LogP contribution is 2.38. The molecule has 2 aromatic rings. The minimum atomic E-state index is -0.306.